The normalized spacial score (nSPS) is 20.8. The maximum absolute atomic E-state index is 13.2. The number of rotatable bonds is 4. The fraction of sp³-hybridized carbons (Fsp3) is 0.462. The van der Waals surface area contributed by atoms with E-state index < -0.39 is 0 Å². The first-order valence-electron chi connectivity index (χ1n) is 11.8. The molecular weight excluding hydrogens is 450 g/mol. The summed E-state index contributed by atoms with van der Waals surface area (Å²) in [6, 6.07) is 10.3. The van der Waals surface area contributed by atoms with Crippen LogP contribution in [0.2, 0.25) is 0 Å². The van der Waals surface area contributed by atoms with Crippen LogP contribution in [-0.2, 0) is 11.3 Å². The third-order valence-corrected chi connectivity index (χ3v) is 6.06. The summed E-state index contributed by atoms with van der Waals surface area (Å²) in [4.78, 5) is 27.9. The number of hydrogen-bond donors (Lipinski definition) is 2. The lowest BCUT2D eigenvalue weighted by molar-refractivity contribution is -0.123. The lowest BCUT2D eigenvalue weighted by Crippen LogP contribution is -2.45. The second-order valence-electron chi connectivity index (χ2n) is 9.26. The summed E-state index contributed by atoms with van der Waals surface area (Å²) in [7, 11) is 3.10. The number of nitrogens with one attached hydrogen (secondary N) is 2. The third-order valence-electron chi connectivity index (χ3n) is 6.06. The van der Waals surface area contributed by atoms with Crippen LogP contribution in [0.3, 0.4) is 0 Å². The zero-order chi connectivity index (χ0) is 24.9. The molecule has 0 unspecified atom stereocenters. The predicted molar refractivity (Wildman–Crippen MR) is 130 cm³/mol. The van der Waals surface area contributed by atoms with E-state index in [2.05, 4.69) is 29.4 Å². The first-order valence-corrected chi connectivity index (χ1v) is 11.8. The third kappa shape index (κ3) is 5.97. The van der Waals surface area contributed by atoms with Crippen molar-refractivity contribution in [1.29, 1.82) is 0 Å². The topological polar surface area (TPSA) is 98.4 Å². The van der Waals surface area contributed by atoms with Gasteiger partial charge in [0.15, 0.2) is 29.6 Å². The number of fused-ring (bicyclic) bond motifs is 7. The lowest BCUT2D eigenvalue weighted by atomic mass is 10.1. The molecule has 3 aliphatic rings. The van der Waals surface area contributed by atoms with E-state index in [0.29, 0.717) is 54.1 Å². The molecule has 35 heavy (non-hydrogen) atoms. The number of ether oxygens (including phenoxy) is 4. The molecule has 5 rings (SSSR count). The van der Waals surface area contributed by atoms with Gasteiger partial charge in [0.2, 0.25) is 0 Å². The van der Waals surface area contributed by atoms with E-state index in [1.807, 2.05) is 18.2 Å². The van der Waals surface area contributed by atoms with Crippen LogP contribution >= 0.6 is 0 Å². The Hall–Kier alpha value is -3.46. The Balaban J connectivity index is 1.67. The number of hydrogen-bond acceptors (Lipinski definition) is 7. The van der Waals surface area contributed by atoms with Gasteiger partial charge in [0.25, 0.3) is 11.8 Å². The highest BCUT2D eigenvalue weighted by Gasteiger charge is 2.36. The smallest absolute Gasteiger partial charge is 0.258 e. The van der Waals surface area contributed by atoms with Gasteiger partial charge >= 0.3 is 0 Å². The van der Waals surface area contributed by atoms with E-state index in [1.165, 1.54) is 7.11 Å². The minimum Gasteiger partial charge on any atom is -0.493 e. The molecule has 0 radical (unpaired) electrons. The first kappa shape index (κ1) is 24.7. The molecule has 3 heterocycles. The summed E-state index contributed by atoms with van der Waals surface area (Å²) in [5.74, 6) is 1.87. The molecule has 4 bridgehead atoms. The summed E-state index contributed by atoms with van der Waals surface area (Å²) in [6.07, 6.45) is -0.262. The Kier molecular flexibility index (Phi) is 7.65. The van der Waals surface area contributed by atoms with Crippen LogP contribution in [-0.4, -0.2) is 69.3 Å². The number of likely N-dealkylation sites (tertiary alicyclic amines) is 1. The van der Waals surface area contributed by atoms with E-state index >= 15 is 0 Å². The van der Waals surface area contributed by atoms with Gasteiger partial charge in [-0.15, -0.1) is 0 Å². The number of carbonyl (C=O) groups is 2. The van der Waals surface area contributed by atoms with Gasteiger partial charge in [-0.2, -0.15) is 0 Å². The Bertz CT molecular complexity index is 1070. The van der Waals surface area contributed by atoms with Crippen LogP contribution in [0.5, 0.6) is 23.0 Å². The highest BCUT2D eigenvalue weighted by atomic mass is 16.5. The molecular formula is C26H33N3O6. The summed E-state index contributed by atoms with van der Waals surface area (Å²) in [5.41, 5.74) is 1.28. The predicted octanol–water partition coefficient (Wildman–Crippen LogP) is 2.23. The number of carbonyl (C=O) groups excluding carboxylic acids is 2. The molecule has 0 aliphatic carbocycles. The van der Waals surface area contributed by atoms with E-state index in [9.17, 15) is 9.59 Å². The number of methoxy groups -OCH3 is 2. The quantitative estimate of drug-likeness (QED) is 0.688. The molecule has 9 nitrogen and oxygen atoms in total. The summed E-state index contributed by atoms with van der Waals surface area (Å²) in [5, 5.41) is 5.97. The van der Waals surface area contributed by atoms with E-state index in [-0.39, 0.29) is 30.6 Å². The molecule has 1 saturated heterocycles. The van der Waals surface area contributed by atoms with E-state index in [0.717, 1.165) is 12.1 Å². The molecule has 3 aliphatic heterocycles. The number of nitrogens with zero attached hydrogens (tertiary/aromatic N) is 1. The first-order chi connectivity index (χ1) is 16.9. The van der Waals surface area contributed by atoms with Crippen LogP contribution in [0.25, 0.3) is 0 Å². The molecule has 2 aromatic rings. The van der Waals surface area contributed by atoms with Crippen molar-refractivity contribution in [2.75, 3.05) is 40.5 Å². The van der Waals surface area contributed by atoms with Crippen LogP contribution < -0.4 is 29.6 Å². The van der Waals surface area contributed by atoms with Crippen molar-refractivity contribution in [3.05, 3.63) is 47.5 Å². The molecule has 2 aromatic carbocycles. The Morgan fingerprint density at radius 1 is 1.03 bits per heavy atom. The average molecular weight is 484 g/mol. The van der Waals surface area contributed by atoms with Crippen molar-refractivity contribution in [3.63, 3.8) is 0 Å². The van der Waals surface area contributed by atoms with E-state index in [4.69, 9.17) is 18.9 Å². The van der Waals surface area contributed by atoms with Crippen molar-refractivity contribution in [1.82, 2.24) is 15.5 Å². The fourth-order valence-electron chi connectivity index (χ4n) is 4.44. The summed E-state index contributed by atoms with van der Waals surface area (Å²) >= 11 is 0. The second kappa shape index (κ2) is 10.9. The molecule has 2 N–H and O–H groups in total. The average Bonchev–Trinajstić information content (AvgIpc) is 3.20. The van der Waals surface area contributed by atoms with Crippen molar-refractivity contribution in [3.8, 4) is 23.0 Å². The summed E-state index contributed by atoms with van der Waals surface area (Å²) < 4.78 is 23.0. The zero-order valence-corrected chi connectivity index (χ0v) is 20.6. The van der Waals surface area contributed by atoms with Gasteiger partial charge in [-0.3, -0.25) is 14.5 Å². The minimum atomic E-state index is -0.301. The van der Waals surface area contributed by atoms with E-state index in [1.54, 1.807) is 25.3 Å². The molecule has 0 spiro atoms. The van der Waals surface area contributed by atoms with Gasteiger partial charge in [-0.1, -0.05) is 19.9 Å². The molecule has 1 fully saturated rings. The maximum Gasteiger partial charge on any atom is 0.258 e. The fourth-order valence-corrected chi connectivity index (χ4v) is 4.44. The molecule has 0 saturated carbocycles. The van der Waals surface area contributed by atoms with Gasteiger partial charge < -0.3 is 29.6 Å². The van der Waals surface area contributed by atoms with Gasteiger partial charge in [-0.25, -0.2) is 0 Å². The van der Waals surface area contributed by atoms with Crippen molar-refractivity contribution < 1.29 is 28.5 Å². The Labute approximate surface area is 205 Å². The largest absolute Gasteiger partial charge is 0.493 e. The van der Waals surface area contributed by atoms with Crippen LogP contribution in [0.1, 0.15) is 29.8 Å². The Morgan fingerprint density at radius 3 is 2.57 bits per heavy atom. The molecule has 2 amide bonds. The molecule has 0 aromatic heterocycles. The van der Waals surface area contributed by atoms with Crippen LogP contribution in [0.15, 0.2) is 36.4 Å². The number of amides is 2. The highest BCUT2D eigenvalue weighted by molar-refractivity contribution is 5.95. The standard InChI is InChI=1S/C26H33N3O6/c1-16(2)12-29-13-19-24(14-29)35-21-7-5-17(9-22(21)33-4)11-27-25(30)15-34-23-10-18(26(31)28-19)6-8-20(23)32-3/h5-10,16,19,24H,11-15H2,1-4H3,(H,27,30)(H,28,31)/t19-,24-/m0/s1. The van der Waals surface area contributed by atoms with Crippen molar-refractivity contribution in [2.45, 2.75) is 32.5 Å². The SMILES string of the molecule is COc1ccc2cc1OCC(=O)NCc1ccc(c(OC)c1)O[C@H]1CN(CC(C)C)C[C@@H]1NC2=O. The monoisotopic (exact) mass is 483 g/mol. The highest BCUT2D eigenvalue weighted by Crippen LogP contribution is 2.32. The zero-order valence-electron chi connectivity index (χ0n) is 20.6. The van der Waals surface area contributed by atoms with Gasteiger partial charge in [0.05, 0.1) is 20.3 Å². The van der Waals surface area contributed by atoms with Crippen LogP contribution in [0, 0.1) is 5.92 Å². The van der Waals surface area contributed by atoms with Crippen molar-refractivity contribution >= 4 is 11.8 Å². The Morgan fingerprint density at radius 2 is 1.83 bits per heavy atom. The van der Waals surface area contributed by atoms with Gasteiger partial charge in [0.1, 0.15) is 6.10 Å². The van der Waals surface area contributed by atoms with Crippen LogP contribution in [0.4, 0.5) is 0 Å². The molecule has 9 heteroatoms. The second-order valence-corrected chi connectivity index (χ2v) is 9.26. The minimum absolute atomic E-state index is 0.214. The lowest BCUT2D eigenvalue weighted by Gasteiger charge is -2.23. The molecule has 188 valence electrons. The van der Waals surface area contributed by atoms with Crippen molar-refractivity contribution in [2.24, 2.45) is 5.92 Å². The number of benzene rings is 2. The van der Waals surface area contributed by atoms with Gasteiger partial charge in [-0.05, 0) is 41.8 Å². The maximum atomic E-state index is 13.2. The summed E-state index contributed by atoms with van der Waals surface area (Å²) in [6.45, 7) is 6.70. The van der Waals surface area contributed by atoms with Gasteiger partial charge in [0, 0.05) is 31.7 Å². The molecule has 2 atom stereocenters.